The molecule has 2 heteroatoms. The summed E-state index contributed by atoms with van der Waals surface area (Å²) in [4.78, 5) is 15.0. The lowest BCUT2D eigenvalue weighted by atomic mass is 10.1. The van der Waals surface area contributed by atoms with E-state index in [1.807, 2.05) is 35.2 Å². The Labute approximate surface area is 162 Å². The number of benzene rings is 3. The van der Waals surface area contributed by atoms with Crippen LogP contribution in [0.5, 0.6) is 0 Å². The predicted molar refractivity (Wildman–Crippen MR) is 113 cm³/mol. The summed E-state index contributed by atoms with van der Waals surface area (Å²) in [5.41, 5.74) is 6.98. The topological polar surface area (TPSA) is 20.3 Å². The van der Waals surface area contributed by atoms with Gasteiger partial charge in [-0.25, -0.2) is 0 Å². The smallest absolute Gasteiger partial charge is 0.231 e. The summed E-state index contributed by atoms with van der Waals surface area (Å²) >= 11 is 0. The molecule has 0 aromatic heterocycles. The minimum atomic E-state index is 0.136. The molecular formula is C25H27NO. The second-order valence-corrected chi connectivity index (χ2v) is 7.21. The van der Waals surface area contributed by atoms with Crippen LogP contribution in [0.15, 0.2) is 72.8 Å². The van der Waals surface area contributed by atoms with Gasteiger partial charge in [0.25, 0.3) is 0 Å². The van der Waals surface area contributed by atoms with Crippen molar-refractivity contribution in [1.82, 2.24) is 0 Å². The Morgan fingerprint density at radius 3 is 2.15 bits per heavy atom. The third-order valence-electron chi connectivity index (χ3n) is 5.05. The molecular weight excluding hydrogens is 330 g/mol. The van der Waals surface area contributed by atoms with Gasteiger partial charge in [-0.05, 0) is 61.6 Å². The van der Waals surface area contributed by atoms with E-state index in [1.54, 1.807) is 0 Å². The first-order chi connectivity index (χ1) is 13.0. The number of hydrogen-bond donors (Lipinski definition) is 0. The Morgan fingerprint density at radius 1 is 0.778 bits per heavy atom. The highest BCUT2D eigenvalue weighted by atomic mass is 16.2. The zero-order chi connectivity index (χ0) is 19.2. The normalized spacial score (nSPS) is 10.6. The molecule has 0 aliphatic heterocycles. The molecule has 0 radical (unpaired) electrons. The Hall–Kier alpha value is -2.87. The van der Waals surface area contributed by atoms with Crippen LogP contribution < -0.4 is 4.90 Å². The van der Waals surface area contributed by atoms with Crippen molar-refractivity contribution in [2.75, 3.05) is 11.4 Å². The summed E-state index contributed by atoms with van der Waals surface area (Å²) in [6.07, 6.45) is 1.26. The van der Waals surface area contributed by atoms with E-state index in [0.29, 0.717) is 13.0 Å². The van der Waals surface area contributed by atoms with Crippen LogP contribution in [0.3, 0.4) is 0 Å². The maximum atomic E-state index is 13.1. The molecule has 0 spiro atoms. The number of aryl methyl sites for hydroxylation is 3. The molecule has 0 saturated heterocycles. The van der Waals surface area contributed by atoms with Crippen molar-refractivity contribution in [1.29, 1.82) is 0 Å². The first-order valence-electron chi connectivity index (χ1n) is 9.50. The summed E-state index contributed by atoms with van der Waals surface area (Å²) in [5, 5.41) is 0. The minimum absolute atomic E-state index is 0.136. The standard InChI is InChI=1S/C25H27NO/c1-19-9-12-22(13-10-19)15-16-26(24-14-11-20(2)21(3)17-24)25(27)18-23-7-5-4-6-8-23/h4-14,17H,15-16,18H2,1-3H3. The van der Waals surface area contributed by atoms with Gasteiger partial charge in [0.1, 0.15) is 0 Å². The van der Waals surface area contributed by atoms with Crippen LogP contribution in [0.25, 0.3) is 0 Å². The van der Waals surface area contributed by atoms with E-state index in [9.17, 15) is 4.79 Å². The summed E-state index contributed by atoms with van der Waals surface area (Å²) in [7, 11) is 0. The fourth-order valence-corrected chi connectivity index (χ4v) is 3.15. The highest BCUT2D eigenvalue weighted by molar-refractivity contribution is 5.94. The van der Waals surface area contributed by atoms with Crippen molar-refractivity contribution in [3.05, 3.63) is 101 Å². The fraction of sp³-hybridized carbons (Fsp3) is 0.240. The monoisotopic (exact) mass is 357 g/mol. The number of anilines is 1. The van der Waals surface area contributed by atoms with Crippen molar-refractivity contribution in [3.8, 4) is 0 Å². The van der Waals surface area contributed by atoms with E-state index in [1.165, 1.54) is 22.3 Å². The minimum Gasteiger partial charge on any atom is -0.312 e. The van der Waals surface area contributed by atoms with E-state index in [4.69, 9.17) is 0 Å². The molecule has 0 aliphatic carbocycles. The van der Waals surface area contributed by atoms with Gasteiger partial charge in [0.15, 0.2) is 0 Å². The summed E-state index contributed by atoms with van der Waals surface area (Å²) in [6.45, 7) is 6.96. The fourth-order valence-electron chi connectivity index (χ4n) is 3.15. The van der Waals surface area contributed by atoms with Crippen molar-refractivity contribution in [2.45, 2.75) is 33.6 Å². The Balaban J connectivity index is 1.82. The van der Waals surface area contributed by atoms with Gasteiger partial charge in [-0.3, -0.25) is 4.79 Å². The second kappa shape index (κ2) is 8.68. The van der Waals surface area contributed by atoms with Crippen LogP contribution in [0.1, 0.15) is 27.8 Å². The average Bonchev–Trinajstić information content (AvgIpc) is 2.67. The summed E-state index contributed by atoms with van der Waals surface area (Å²) in [5.74, 6) is 0.136. The molecule has 3 aromatic rings. The zero-order valence-electron chi connectivity index (χ0n) is 16.4. The van der Waals surface area contributed by atoms with Gasteiger partial charge in [0, 0.05) is 12.2 Å². The lowest BCUT2D eigenvalue weighted by Crippen LogP contribution is -2.34. The van der Waals surface area contributed by atoms with E-state index in [2.05, 4.69) is 63.2 Å². The zero-order valence-corrected chi connectivity index (χ0v) is 16.4. The molecule has 0 aliphatic rings. The largest absolute Gasteiger partial charge is 0.312 e. The second-order valence-electron chi connectivity index (χ2n) is 7.21. The van der Waals surface area contributed by atoms with Gasteiger partial charge in [0.05, 0.1) is 6.42 Å². The first kappa shape index (κ1) is 18.9. The van der Waals surface area contributed by atoms with Crippen molar-refractivity contribution in [2.24, 2.45) is 0 Å². The molecule has 2 nitrogen and oxygen atoms in total. The third kappa shape index (κ3) is 5.07. The summed E-state index contributed by atoms with van der Waals surface area (Å²) in [6, 6.07) is 24.8. The molecule has 0 atom stereocenters. The lowest BCUT2D eigenvalue weighted by molar-refractivity contribution is -0.118. The molecule has 0 heterocycles. The van der Waals surface area contributed by atoms with Gasteiger partial charge in [-0.1, -0.05) is 66.2 Å². The molecule has 0 fully saturated rings. The van der Waals surface area contributed by atoms with E-state index < -0.39 is 0 Å². The predicted octanol–water partition coefficient (Wildman–Crippen LogP) is 5.43. The molecule has 27 heavy (non-hydrogen) atoms. The molecule has 0 unspecified atom stereocenters. The molecule has 1 amide bonds. The lowest BCUT2D eigenvalue weighted by Gasteiger charge is -2.24. The third-order valence-corrected chi connectivity index (χ3v) is 5.05. The summed E-state index contributed by atoms with van der Waals surface area (Å²) < 4.78 is 0. The van der Waals surface area contributed by atoms with Gasteiger partial charge in [0.2, 0.25) is 5.91 Å². The van der Waals surface area contributed by atoms with Gasteiger partial charge < -0.3 is 4.90 Å². The molecule has 3 rings (SSSR count). The number of hydrogen-bond acceptors (Lipinski definition) is 1. The Bertz CT molecular complexity index is 897. The number of amides is 1. The number of carbonyl (C=O) groups is 1. The van der Waals surface area contributed by atoms with Gasteiger partial charge in [-0.2, -0.15) is 0 Å². The SMILES string of the molecule is Cc1ccc(CCN(C(=O)Cc2ccccc2)c2ccc(C)c(C)c2)cc1. The van der Waals surface area contributed by atoms with E-state index in [0.717, 1.165) is 17.7 Å². The molecule has 0 saturated carbocycles. The Morgan fingerprint density at radius 2 is 1.48 bits per heavy atom. The van der Waals surface area contributed by atoms with Crippen molar-refractivity contribution >= 4 is 11.6 Å². The van der Waals surface area contributed by atoms with Gasteiger partial charge in [-0.15, -0.1) is 0 Å². The molecule has 3 aromatic carbocycles. The Kier molecular flexibility index (Phi) is 6.08. The van der Waals surface area contributed by atoms with Crippen LogP contribution >= 0.6 is 0 Å². The maximum Gasteiger partial charge on any atom is 0.231 e. The molecule has 138 valence electrons. The van der Waals surface area contributed by atoms with E-state index in [-0.39, 0.29) is 5.91 Å². The maximum absolute atomic E-state index is 13.1. The highest BCUT2D eigenvalue weighted by Crippen LogP contribution is 2.21. The first-order valence-corrected chi connectivity index (χ1v) is 9.50. The van der Waals surface area contributed by atoms with Crippen molar-refractivity contribution < 1.29 is 4.79 Å². The molecule has 0 bridgehead atoms. The van der Waals surface area contributed by atoms with Crippen molar-refractivity contribution in [3.63, 3.8) is 0 Å². The van der Waals surface area contributed by atoms with Gasteiger partial charge >= 0.3 is 0 Å². The van der Waals surface area contributed by atoms with E-state index >= 15 is 0 Å². The number of rotatable bonds is 6. The quantitative estimate of drug-likeness (QED) is 0.576. The van der Waals surface area contributed by atoms with Crippen LogP contribution in [-0.2, 0) is 17.6 Å². The van der Waals surface area contributed by atoms with Crippen LogP contribution in [0.2, 0.25) is 0 Å². The van der Waals surface area contributed by atoms with Crippen LogP contribution in [0, 0.1) is 20.8 Å². The van der Waals surface area contributed by atoms with Crippen LogP contribution in [0.4, 0.5) is 5.69 Å². The average molecular weight is 357 g/mol. The highest BCUT2D eigenvalue weighted by Gasteiger charge is 2.17. The molecule has 0 N–H and O–H groups in total. The number of nitrogens with zero attached hydrogens (tertiary/aromatic N) is 1. The number of carbonyl (C=O) groups excluding carboxylic acids is 1. The van der Waals surface area contributed by atoms with Crippen LogP contribution in [-0.4, -0.2) is 12.5 Å².